The first-order chi connectivity index (χ1) is 8.75. The molecular weight excluding hydrogens is 224 g/mol. The second-order valence-corrected chi connectivity index (χ2v) is 5.07. The molecule has 18 heavy (non-hydrogen) atoms. The highest BCUT2D eigenvalue weighted by Crippen LogP contribution is 2.32. The molecule has 1 saturated heterocycles. The molecule has 3 nitrogen and oxygen atoms in total. The van der Waals surface area contributed by atoms with Crippen LogP contribution in [0.2, 0.25) is 0 Å². The highest BCUT2D eigenvalue weighted by atomic mass is 16.2. The van der Waals surface area contributed by atoms with Gasteiger partial charge in [-0.2, -0.15) is 0 Å². The highest BCUT2D eigenvalue weighted by molar-refractivity contribution is 5.83. The quantitative estimate of drug-likeness (QED) is 0.820. The Labute approximate surface area is 107 Å². The average molecular weight is 242 g/mol. The van der Waals surface area contributed by atoms with Crippen molar-refractivity contribution in [1.82, 2.24) is 9.88 Å². The molecule has 1 amide bonds. The lowest BCUT2D eigenvalue weighted by atomic mass is 9.87. The van der Waals surface area contributed by atoms with Crippen LogP contribution in [0.15, 0.2) is 30.5 Å². The molecule has 1 aromatic carbocycles. The number of piperidine rings is 1. The number of aromatic nitrogens is 1. The Bertz CT molecular complexity index is 565. The van der Waals surface area contributed by atoms with Crippen LogP contribution >= 0.6 is 0 Å². The van der Waals surface area contributed by atoms with Crippen LogP contribution in [-0.2, 0) is 4.79 Å². The zero-order valence-electron chi connectivity index (χ0n) is 10.6. The number of hydrogen-bond donors (Lipinski definition) is 1. The van der Waals surface area contributed by atoms with E-state index in [1.807, 2.05) is 11.1 Å². The molecule has 3 heteroatoms. The third kappa shape index (κ3) is 1.90. The van der Waals surface area contributed by atoms with Crippen molar-refractivity contribution >= 4 is 16.8 Å². The average Bonchev–Trinajstić information content (AvgIpc) is 2.87. The number of carbonyl (C=O) groups excluding carboxylic acids is 1. The number of benzene rings is 1. The topological polar surface area (TPSA) is 36.1 Å². The molecule has 0 bridgehead atoms. The van der Waals surface area contributed by atoms with Crippen molar-refractivity contribution in [3.63, 3.8) is 0 Å². The molecule has 1 aromatic heterocycles. The van der Waals surface area contributed by atoms with Crippen molar-refractivity contribution in [2.75, 3.05) is 13.1 Å². The van der Waals surface area contributed by atoms with Crippen molar-refractivity contribution in [3.05, 3.63) is 36.0 Å². The van der Waals surface area contributed by atoms with E-state index in [-0.39, 0.29) is 5.91 Å². The largest absolute Gasteiger partial charge is 0.361 e. The van der Waals surface area contributed by atoms with Crippen LogP contribution in [0.25, 0.3) is 10.9 Å². The van der Waals surface area contributed by atoms with Gasteiger partial charge in [-0.3, -0.25) is 4.79 Å². The summed E-state index contributed by atoms with van der Waals surface area (Å²) in [5.41, 5.74) is 2.64. The number of rotatable bonds is 1. The lowest BCUT2D eigenvalue weighted by Gasteiger charge is -2.31. The molecule has 1 aliphatic rings. The fourth-order valence-corrected chi connectivity index (χ4v) is 2.97. The number of H-pyrrole nitrogens is 1. The zero-order chi connectivity index (χ0) is 12.5. The van der Waals surface area contributed by atoms with E-state index in [9.17, 15) is 4.79 Å². The number of amides is 1. The molecule has 3 rings (SSSR count). The molecule has 94 valence electrons. The van der Waals surface area contributed by atoms with Crippen LogP contribution in [0.4, 0.5) is 0 Å². The van der Waals surface area contributed by atoms with Gasteiger partial charge in [0.2, 0.25) is 5.91 Å². The van der Waals surface area contributed by atoms with Gasteiger partial charge in [-0.05, 0) is 36.5 Å². The van der Waals surface area contributed by atoms with Crippen molar-refractivity contribution in [2.45, 2.75) is 25.7 Å². The molecule has 1 N–H and O–H groups in total. The van der Waals surface area contributed by atoms with Gasteiger partial charge in [0, 0.05) is 37.1 Å². The lowest BCUT2D eigenvalue weighted by molar-refractivity contribution is -0.129. The summed E-state index contributed by atoms with van der Waals surface area (Å²) >= 11 is 0. The number of nitrogens with zero attached hydrogens (tertiary/aromatic N) is 1. The van der Waals surface area contributed by atoms with E-state index < -0.39 is 0 Å². The standard InChI is InChI=1S/C15H18N2O/c1-11(18)17-9-6-12(7-10-17)13-3-2-4-15-14(13)5-8-16-15/h2-5,8,12,16H,6-7,9-10H2,1H3. The molecular formula is C15H18N2O. The maximum atomic E-state index is 11.3. The zero-order valence-corrected chi connectivity index (χ0v) is 10.6. The summed E-state index contributed by atoms with van der Waals surface area (Å²) in [5.74, 6) is 0.786. The summed E-state index contributed by atoms with van der Waals surface area (Å²) in [7, 11) is 0. The number of fused-ring (bicyclic) bond motifs is 1. The predicted octanol–water partition coefficient (Wildman–Crippen LogP) is 2.89. The number of aromatic amines is 1. The van der Waals surface area contributed by atoms with Crippen LogP contribution in [0, 0.1) is 0 Å². The van der Waals surface area contributed by atoms with E-state index in [2.05, 4.69) is 29.2 Å². The summed E-state index contributed by atoms with van der Waals surface area (Å²) in [6.07, 6.45) is 4.15. The van der Waals surface area contributed by atoms with E-state index >= 15 is 0 Å². The second kappa shape index (κ2) is 4.48. The Morgan fingerprint density at radius 3 is 2.78 bits per heavy atom. The Morgan fingerprint density at radius 1 is 1.28 bits per heavy atom. The van der Waals surface area contributed by atoms with Gasteiger partial charge in [0.15, 0.2) is 0 Å². The van der Waals surface area contributed by atoms with E-state index in [1.165, 1.54) is 16.5 Å². The van der Waals surface area contributed by atoms with Crippen molar-refractivity contribution in [3.8, 4) is 0 Å². The Balaban J connectivity index is 1.84. The van der Waals surface area contributed by atoms with Gasteiger partial charge in [0.1, 0.15) is 0 Å². The van der Waals surface area contributed by atoms with Crippen LogP contribution in [0.1, 0.15) is 31.2 Å². The number of hydrogen-bond acceptors (Lipinski definition) is 1. The van der Waals surface area contributed by atoms with Crippen LogP contribution in [0.5, 0.6) is 0 Å². The van der Waals surface area contributed by atoms with Gasteiger partial charge >= 0.3 is 0 Å². The number of nitrogens with one attached hydrogen (secondary N) is 1. The first kappa shape index (κ1) is 11.3. The Morgan fingerprint density at radius 2 is 2.06 bits per heavy atom. The van der Waals surface area contributed by atoms with Crippen molar-refractivity contribution < 1.29 is 4.79 Å². The van der Waals surface area contributed by atoms with Gasteiger partial charge < -0.3 is 9.88 Å². The molecule has 1 aliphatic heterocycles. The maximum absolute atomic E-state index is 11.3. The molecule has 0 spiro atoms. The molecule has 0 aliphatic carbocycles. The molecule has 0 atom stereocenters. The Kier molecular flexibility index (Phi) is 2.82. The van der Waals surface area contributed by atoms with E-state index in [0.717, 1.165) is 25.9 Å². The summed E-state index contributed by atoms with van der Waals surface area (Å²) in [4.78, 5) is 16.5. The van der Waals surface area contributed by atoms with Gasteiger partial charge in [-0.1, -0.05) is 12.1 Å². The summed E-state index contributed by atoms with van der Waals surface area (Å²) in [5, 5.41) is 1.33. The van der Waals surface area contributed by atoms with Crippen LogP contribution in [0.3, 0.4) is 0 Å². The van der Waals surface area contributed by atoms with Gasteiger partial charge in [-0.25, -0.2) is 0 Å². The first-order valence-electron chi connectivity index (χ1n) is 6.57. The van der Waals surface area contributed by atoms with Crippen molar-refractivity contribution in [2.24, 2.45) is 0 Å². The normalized spacial score (nSPS) is 17.3. The highest BCUT2D eigenvalue weighted by Gasteiger charge is 2.23. The van der Waals surface area contributed by atoms with Crippen molar-refractivity contribution in [1.29, 1.82) is 0 Å². The predicted molar refractivity (Wildman–Crippen MR) is 72.5 cm³/mol. The minimum atomic E-state index is 0.202. The molecule has 0 saturated carbocycles. The third-order valence-corrected chi connectivity index (χ3v) is 4.01. The monoisotopic (exact) mass is 242 g/mol. The van der Waals surface area contributed by atoms with Gasteiger partial charge in [0.05, 0.1) is 0 Å². The van der Waals surface area contributed by atoms with E-state index in [0.29, 0.717) is 5.92 Å². The maximum Gasteiger partial charge on any atom is 0.219 e. The second-order valence-electron chi connectivity index (χ2n) is 5.07. The lowest BCUT2D eigenvalue weighted by Crippen LogP contribution is -2.36. The van der Waals surface area contributed by atoms with E-state index in [4.69, 9.17) is 0 Å². The minimum Gasteiger partial charge on any atom is -0.361 e. The number of likely N-dealkylation sites (tertiary alicyclic amines) is 1. The summed E-state index contributed by atoms with van der Waals surface area (Å²) in [6, 6.07) is 8.61. The van der Waals surface area contributed by atoms with Gasteiger partial charge in [-0.15, -0.1) is 0 Å². The third-order valence-electron chi connectivity index (χ3n) is 4.01. The minimum absolute atomic E-state index is 0.202. The number of carbonyl (C=O) groups is 1. The van der Waals surface area contributed by atoms with Gasteiger partial charge in [0.25, 0.3) is 0 Å². The van der Waals surface area contributed by atoms with E-state index in [1.54, 1.807) is 6.92 Å². The molecule has 0 unspecified atom stereocenters. The Hall–Kier alpha value is -1.77. The molecule has 0 radical (unpaired) electrons. The molecule has 1 fully saturated rings. The first-order valence-corrected chi connectivity index (χ1v) is 6.57. The molecule has 2 aromatic rings. The summed E-state index contributed by atoms with van der Waals surface area (Å²) < 4.78 is 0. The summed E-state index contributed by atoms with van der Waals surface area (Å²) in [6.45, 7) is 3.44. The smallest absolute Gasteiger partial charge is 0.219 e. The SMILES string of the molecule is CC(=O)N1CCC(c2cccc3[nH]ccc23)CC1. The fraction of sp³-hybridized carbons (Fsp3) is 0.400. The molecule has 2 heterocycles. The fourth-order valence-electron chi connectivity index (χ4n) is 2.97. The van der Waals surface area contributed by atoms with Crippen LogP contribution < -0.4 is 0 Å². The van der Waals surface area contributed by atoms with Crippen LogP contribution in [-0.4, -0.2) is 28.9 Å².